The molecule has 3 unspecified atom stereocenters. The van der Waals surface area contributed by atoms with E-state index in [2.05, 4.69) is 47.5 Å². The van der Waals surface area contributed by atoms with Crippen LogP contribution in [0.2, 0.25) is 0 Å². The van der Waals surface area contributed by atoms with E-state index in [1.807, 2.05) is 0 Å². The van der Waals surface area contributed by atoms with Crippen molar-refractivity contribution < 1.29 is 0 Å². The lowest BCUT2D eigenvalue weighted by Crippen LogP contribution is -2.51. The number of benzene rings is 1. The fourth-order valence-corrected chi connectivity index (χ4v) is 4.31. The van der Waals surface area contributed by atoms with Crippen LogP contribution in [0.25, 0.3) is 0 Å². The first-order valence-corrected chi connectivity index (χ1v) is 8.94. The number of likely N-dealkylation sites (tertiary alicyclic amines) is 1. The van der Waals surface area contributed by atoms with Gasteiger partial charge in [-0.1, -0.05) is 50.1 Å². The molecule has 116 valence electrons. The quantitative estimate of drug-likeness (QED) is 0.875. The van der Waals surface area contributed by atoms with E-state index in [1.54, 1.807) is 0 Å². The highest BCUT2D eigenvalue weighted by Gasteiger charge is 2.35. The minimum atomic E-state index is 0.615. The predicted octanol–water partition coefficient (Wildman–Crippen LogP) is 4.13. The highest BCUT2D eigenvalue weighted by molar-refractivity contribution is 5.19. The molecule has 0 amide bonds. The molecule has 21 heavy (non-hydrogen) atoms. The van der Waals surface area contributed by atoms with E-state index < -0.39 is 0 Å². The number of piperidine rings is 1. The van der Waals surface area contributed by atoms with Crippen LogP contribution < -0.4 is 5.32 Å². The van der Waals surface area contributed by atoms with Gasteiger partial charge in [-0.05, 0) is 50.8 Å². The molecule has 1 aromatic rings. The Morgan fingerprint density at radius 2 is 2.00 bits per heavy atom. The number of hydrogen-bond acceptors (Lipinski definition) is 2. The molecule has 2 heteroatoms. The van der Waals surface area contributed by atoms with Gasteiger partial charge in [-0.3, -0.25) is 4.90 Å². The van der Waals surface area contributed by atoms with Crippen molar-refractivity contribution in [3.63, 3.8) is 0 Å². The zero-order valence-electron chi connectivity index (χ0n) is 13.4. The van der Waals surface area contributed by atoms with E-state index in [9.17, 15) is 0 Å². The van der Waals surface area contributed by atoms with Crippen molar-refractivity contribution in [3.05, 3.63) is 35.9 Å². The van der Waals surface area contributed by atoms with Crippen LogP contribution in [-0.2, 0) is 0 Å². The van der Waals surface area contributed by atoms with Gasteiger partial charge in [-0.15, -0.1) is 0 Å². The summed E-state index contributed by atoms with van der Waals surface area (Å²) in [6.45, 7) is 4.82. The molecule has 2 nitrogen and oxygen atoms in total. The Morgan fingerprint density at radius 3 is 2.71 bits per heavy atom. The van der Waals surface area contributed by atoms with Gasteiger partial charge in [0.05, 0.1) is 0 Å². The Labute approximate surface area is 129 Å². The minimum absolute atomic E-state index is 0.615. The van der Waals surface area contributed by atoms with Gasteiger partial charge in [0.15, 0.2) is 0 Å². The summed E-state index contributed by atoms with van der Waals surface area (Å²) >= 11 is 0. The normalized spacial score (nSPS) is 28.6. The summed E-state index contributed by atoms with van der Waals surface area (Å²) in [5.74, 6) is 0. The third-order valence-electron chi connectivity index (χ3n) is 5.30. The van der Waals surface area contributed by atoms with E-state index >= 15 is 0 Å². The Balaban J connectivity index is 1.81. The summed E-state index contributed by atoms with van der Waals surface area (Å²) in [4.78, 5) is 2.84. The van der Waals surface area contributed by atoms with Crippen molar-refractivity contribution in [2.24, 2.45) is 0 Å². The largest absolute Gasteiger partial charge is 0.312 e. The second kappa shape index (κ2) is 7.42. The van der Waals surface area contributed by atoms with Crippen LogP contribution in [0.15, 0.2) is 30.3 Å². The lowest BCUT2D eigenvalue weighted by Gasteiger charge is -2.44. The van der Waals surface area contributed by atoms with Crippen molar-refractivity contribution in [1.29, 1.82) is 0 Å². The van der Waals surface area contributed by atoms with Gasteiger partial charge in [0.2, 0.25) is 0 Å². The predicted molar refractivity (Wildman–Crippen MR) is 89.5 cm³/mol. The van der Waals surface area contributed by atoms with Gasteiger partial charge in [0.1, 0.15) is 0 Å². The lowest BCUT2D eigenvalue weighted by atomic mass is 9.89. The van der Waals surface area contributed by atoms with Crippen LogP contribution in [-0.4, -0.2) is 30.1 Å². The van der Waals surface area contributed by atoms with E-state index in [4.69, 9.17) is 0 Å². The number of rotatable bonds is 5. The third-order valence-corrected chi connectivity index (χ3v) is 5.30. The smallest absolute Gasteiger partial charge is 0.0351 e. The van der Waals surface area contributed by atoms with E-state index in [1.165, 1.54) is 63.6 Å². The summed E-state index contributed by atoms with van der Waals surface area (Å²) in [6, 6.07) is 13.3. The zero-order chi connectivity index (χ0) is 14.5. The third kappa shape index (κ3) is 3.49. The van der Waals surface area contributed by atoms with Crippen molar-refractivity contribution >= 4 is 0 Å². The molecule has 3 rings (SSSR count). The molecule has 1 N–H and O–H groups in total. The fraction of sp³-hybridized carbons (Fsp3) is 0.684. The molecule has 1 aromatic carbocycles. The van der Waals surface area contributed by atoms with Crippen LogP contribution in [0.4, 0.5) is 0 Å². The SMILES string of the molecule is CCCC(c1ccccc1)N1CCCCC1C1CCCN1. The topological polar surface area (TPSA) is 15.3 Å². The van der Waals surface area contributed by atoms with Crippen molar-refractivity contribution in [2.45, 2.75) is 70.0 Å². The zero-order valence-corrected chi connectivity index (χ0v) is 13.4. The molecule has 0 spiro atoms. The van der Waals surface area contributed by atoms with Crippen LogP contribution in [0.1, 0.15) is 63.5 Å². The molecular formula is C19H30N2. The second-order valence-corrected chi connectivity index (χ2v) is 6.72. The first kappa shape index (κ1) is 15.1. The van der Waals surface area contributed by atoms with Gasteiger partial charge in [0, 0.05) is 18.1 Å². The molecule has 0 radical (unpaired) electrons. The van der Waals surface area contributed by atoms with Gasteiger partial charge < -0.3 is 5.32 Å². The van der Waals surface area contributed by atoms with Crippen molar-refractivity contribution in [3.8, 4) is 0 Å². The Bertz CT molecular complexity index is 411. The number of nitrogens with zero attached hydrogens (tertiary/aromatic N) is 1. The van der Waals surface area contributed by atoms with Gasteiger partial charge in [-0.2, -0.15) is 0 Å². The molecule has 2 fully saturated rings. The Hall–Kier alpha value is -0.860. The Morgan fingerprint density at radius 1 is 1.14 bits per heavy atom. The van der Waals surface area contributed by atoms with E-state index in [0.717, 1.165) is 12.1 Å². The summed E-state index contributed by atoms with van der Waals surface area (Å²) < 4.78 is 0. The summed E-state index contributed by atoms with van der Waals surface area (Å²) in [7, 11) is 0. The fourth-order valence-electron chi connectivity index (χ4n) is 4.31. The minimum Gasteiger partial charge on any atom is -0.312 e. The lowest BCUT2D eigenvalue weighted by molar-refractivity contribution is 0.0676. The van der Waals surface area contributed by atoms with Crippen molar-refractivity contribution in [1.82, 2.24) is 10.2 Å². The standard InChI is InChI=1S/C19H30N2/c1-2-9-18(16-10-4-3-5-11-16)21-15-7-6-13-19(21)17-12-8-14-20-17/h3-5,10-11,17-20H,2,6-9,12-15H2,1H3. The summed E-state index contributed by atoms with van der Waals surface area (Å²) in [6.07, 6.45) is 9.44. The van der Waals surface area contributed by atoms with Gasteiger partial charge >= 0.3 is 0 Å². The van der Waals surface area contributed by atoms with Crippen LogP contribution in [0.3, 0.4) is 0 Å². The molecule has 2 saturated heterocycles. The molecule has 0 bridgehead atoms. The molecule has 2 aliphatic rings. The molecule has 2 heterocycles. The molecule has 3 atom stereocenters. The second-order valence-electron chi connectivity index (χ2n) is 6.72. The summed E-state index contributed by atoms with van der Waals surface area (Å²) in [5, 5.41) is 3.76. The van der Waals surface area contributed by atoms with Gasteiger partial charge in [-0.25, -0.2) is 0 Å². The highest BCUT2D eigenvalue weighted by atomic mass is 15.2. The maximum atomic E-state index is 3.76. The monoisotopic (exact) mass is 286 g/mol. The average molecular weight is 286 g/mol. The van der Waals surface area contributed by atoms with E-state index in [0.29, 0.717) is 6.04 Å². The first-order chi connectivity index (χ1) is 10.4. The first-order valence-electron chi connectivity index (χ1n) is 8.94. The number of nitrogens with one attached hydrogen (secondary N) is 1. The molecule has 2 aliphatic heterocycles. The Kier molecular flexibility index (Phi) is 5.32. The highest BCUT2D eigenvalue weighted by Crippen LogP contribution is 2.34. The van der Waals surface area contributed by atoms with Crippen LogP contribution in [0, 0.1) is 0 Å². The van der Waals surface area contributed by atoms with Crippen LogP contribution in [0.5, 0.6) is 0 Å². The number of hydrogen-bond donors (Lipinski definition) is 1. The molecule has 0 aromatic heterocycles. The summed E-state index contributed by atoms with van der Waals surface area (Å²) in [5.41, 5.74) is 1.52. The molecule has 0 aliphatic carbocycles. The maximum Gasteiger partial charge on any atom is 0.0351 e. The average Bonchev–Trinajstić information content (AvgIpc) is 3.08. The maximum absolute atomic E-state index is 3.76. The van der Waals surface area contributed by atoms with E-state index in [-0.39, 0.29) is 0 Å². The van der Waals surface area contributed by atoms with Crippen molar-refractivity contribution in [2.75, 3.05) is 13.1 Å². The van der Waals surface area contributed by atoms with Crippen LogP contribution >= 0.6 is 0 Å². The van der Waals surface area contributed by atoms with Gasteiger partial charge in [0.25, 0.3) is 0 Å². The molecular weight excluding hydrogens is 256 g/mol. The molecule has 0 saturated carbocycles.